The fourth-order valence-electron chi connectivity index (χ4n) is 2.70. The summed E-state index contributed by atoms with van der Waals surface area (Å²) in [6.45, 7) is 3.97. The van der Waals surface area contributed by atoms with Crippen LogP contribution in [0.5, 0.6) is 0 Å². The Balaban J connectivity index is 1.92. The predicted octanol–water partition coefficient (Wildman–Crippen LogP) is 1.89. The maximum Gasteiger partial charge on any atom is 0.308 e. The van der Waals surface area contributed by atoms with E-state index in [2.05, 4.69) is 11.0 Å². The fraction of sp³-hybridized carbons (Fsp3) is 0.750. The van der Waals surface area contributed by atoms with E-state index in [0.29, 0.717) is 0 Å². The first-order chi connectivity index (χ1) is 7.18. The van der Waals surface area contributed by atoms with Crippen molar-refractivity contribution in [1.82, 2.24) is 4.90 Å². The zero-order valence-electron chi connectivity index (χ0n) is 9.28. The molecule has 1 aliphatic carbocycles. The molecule has 1 saturated heterocycles. The van der Waals surface area contributed by atoms with E-state index in [1.807, 2.05) is 6.92 Å². The molecular weight excluding hydrogens is 190 g/mol. The van der Waals surface area contributed by atoms with Crippen molar-refractivity contribution in [2.24, 2.45) is 5.92 Å². The minimum absolute atomic E-state index is 0.160. The average Bonchev–Trinajstić information content (AvgIpc) is 2.78. The minimum Gasteiger partial charge on any atom is -0.481 e. The molecule has 0 aromatic rings. The van der Waals surface area contributed by atoms with E-state index in [9.17, 15) is 4.79 Å². The van der Waals surface area contributed by atoms with Gasteiger partial charge < -0.3 is 5.11 Å². The molecule has 0 aromatic carbocycles. The quantitative estimate of drug-likeness (QED) is 0.722. The molecule has 15 heavy (non-hydrogen) atoms. The SMILES string of the molecule is CC1C(C(=O)O)CCN1CC1=CCCC1. The Morgan fingerprint density at radius 3 is 3.00 bits per heavy atom. The van der Waals surface area contributed by atoms with Crippen molar-refractivity contribution >= 4 is 5.97 Å². The van der Waals surface area contributed by atoms with Crippen LogP contribution < -0.4 is 0 Å². The number of nitrogens with zero attached hydrogens (tertiary/aromatic N) is 1. The Morgan fingerprint density at radius 1 is 1.67 bits per heavy atom. The van der Waals surface area contributed by atoms with Crippen molar-refractivity contribution in [3.63, 3.8) is 0 Å². The number of aliphatic carboxylic acids is 1. The van der Waals surface area contributed by atoms with Crippen LogP contribution in [0.3, 0.4) is 0 Å². The van der Waals surface area contributed by atoms with Crippen LogP contribution >= 0.6 is 0 Å². The second-order valence-electron chi connectivity index (χ2n) is 4.70. The molecule has 0 spiro atoms. The molecule has 0 aromatic heterocycles. The summed E-state index contributed by atoms with van der Waals surface area (Å²) in [6, 6.07) is 0.198. The largest absolute Gasteiger partial charge is 0.481 e. The zero-order chi connectivity index (χ0) is 10.8. The first-order valence-electron chi connectivity index (χ1n) is 5.83. The first-order valence-corrected chi connectivity index (χ1v) is 5.83. The number of rotatable bonds is 3. The van der Waals surface area contributed by atoms with Gasteiger partial charge in [0.25, 0.3) is 0 Å². The first kappa shape index (κ1) is 10.7. The normalized spacial score (nSPS) is 31.9. The molecule has 1 heterocycles. The number of hydrogen-bond acceptors (Lipinski definition) is 2. The van der Waals surface area contributed by atoms with E-state index < -0.39 is 5.97 Å². The predicted molar refractivity (Wildman–Crippen MR) is 58.7 cm³/mol. The van der Waals surface area contributed by atoms with Gasteiger partial charge in [-0.2, -0.15) is 0 Å². The number of allylic oxidation sites excluding steroid dienone is 1. The van der Waals surface area contributed by atoms with E-state index in [1.54, 1.807) is 0 Å². The highest BCUT2D eigenvalue weighted by atomic mass is 16.4. The molecule has 0 saturated carbocycles. The molecule has 2 atom stereocenters. The standard InChI is InChI=1S/C12H19NO2/c1-9-11(12(14)15)6-7-13(9)8-10-4-2-3-5-10/h4,9,11H,2-3,5-8H2,1H3,(H,14,15). The van der Waals surface area contributed by atoms with Gasteiger partial charge in [-0.3, -0.25) is 9.69 Å². The maximum atomic E-state index is 11.0. The summed E-state index contributed by atoms with van der Waals surface area (Å²) in [5, 5.41) is 9.02. The molecule has 3 heteroatoms. The van der Waals surface area contributed by atoms with Crippen LogP contribution in [0.1, 0.15) is 32.6 Å². The number of hydrogen-bond donors (Lipinski definition) is 1. The van der Waals surface area contributed by atoms with Gasteiger partial charge in [0, 0.05) is 12.6 Å². The van der Waals surface area contributed by atoms with Crippen LogP contribution in [-0.4, -0.2) is 35.1 Å². The second kappa shape index (κ2) is 4.35. The van der Waals surface area contributed by atoms with Gasteiger partial charge in [0.1, 0.15) is 0 Å². The van der Waals surface area contributed by atoms with Gasteiger partial charge in [-0.1, -0.05) is 11.6 Å². The van der Waals surface area contributed by atoms with Gasteiger partial charge >= 0.3 is 5.97 Å². The lowest BCUT2D eigenvalue weighted by Gasteiger charge is -2.23. The van der Waals surface area contributed by atoms with Crippen molar-refractivity contribution in [3.05, 3.63) is 11.6 Å². The molecule has 2 aliphatic rings. The van der Waals surface area contributed by atoms with Crippen LogP contribution in [0.4, 0.5) is 0 Å². The summed E-state index contributed by atoms with van der Waals surface area (Å²) in [4.78, 5) is 13.3. The Hall–Kier alpha value is -0.830. The monoisotopic (exact) mass is 209 g/mol. The van der Waals surface area contributed by atoms with Crippen molar-refractivity contribution in [2.75, 3.05) is 13.1 Å². The Labute approximate surface area is 90.8 Å². The summed E-state index contributed by atoms with van der Waals surface area (Å²) in [7, 11) is 0. The van der Waals surface area contributed by atoms with Crippen molar-refractivity contribution in [2.45, 2.75) is 38.6 Å². The van der Waals surface area contributed by atoms with E-state index in [1.165, 1.54) is 24.8 Å². The lowest BCUT2D eigenvalue weighted by molar-refractivity contribution is -0.142. The van der Waals surface area contributed by atoms with E-state index in [4.69, 9.17) is 5.11 Å². The molecule has 1 N–H and O–H groups in total. The van der Waals surface area contributed by atoms with Crippen LogP contribution in [0, 0.1) is 5.92 Å². The number of carboxylic acid groups (broad SMARTS) is 1. The Morgan fingerprint density at radius 2 is 2.47 bits per heavy atom. The maximum absolute atomic E-state index is 11.0. The van der Waals surface area contributed by atoms with E-state index >= 15 is 0 Å². The van der Waals surface area contributed by atoms with Crippen molar-refractivity contribution in [1.29, 1.82) is 0 Å². The topological polar surface area (TPSA) is 40.5 Å². The Kier molecular flexibility index (Phi) is 3.10. The van der Waals surface area contributed by atoms with Gasteiger partial charge in [0.2, 0.25) is 0 Å². The minimum atomic E-state index is -0.634. The zero-order valence-corrected chi connectivity index (χ0v) is 9.28. The summed E-state index contributed by atoms with van der Waals surface area (Å²) in [6.07, 6.45) is 6.82. The molecule has 1 fully saturated rings. The van der Waals surface area contributed by atoms with Gasteiger partial charge in [-0.25, -0.2) is 0 Å². The number of carboxylic acids is 1. The summed E-state index contributed by atoms with van der Waals surface area (Å²) in [5.41, 5.74) is 1.51. The molecular formula is C12H19NO2. The highest BCUT2D eigenvalue weighted by Gasteiger charge is 2.35. The summed E-state index contributed by atoms with van der Waals surface area (Å²) in [5.74, 6) is -0.794. The fourth-order valence-corrected chi connectivity index (χ4v) is 2.70. The molecule has 1 aliphatic heterocycles. The third-order valence-electron chi connectivity index (χ3n) is 3.74. The second-order valence-corrected chi connectivity index (χ2v) is 4.70. The van der Waals surface area contributed by atoms with Gasteiger partial charge in [-0.15, -0.1) is 0 Å². The van der Waals surface area contributed by atoms with E-state index in [0.717, 1.165) is 19.5 Å². The molecule has 0 amide bonds. The molecule has 84 valence electrons. The van der Waals surface area contributed by atoms with Crippen LogP contribution in [-0.2, 0) is 4.79 Å². The third-order valence-corrected chi connectivity index (χ3v) is 3.74. The van der Waals surface area contributed by atoms with Crippen LogP contribution in [0.15, 0.2) is 11.6 Å². The molecule has 0 bridgehead atoms. The van der Waals surface area contributed by atoms with Gasteiger partial charge in [0.05, 0.1) is 5.92 Å². The lowest BCUT2D eigenvalue weighted by Crippen LogP contribution is -2.34. The molecule has 2 unspecified atom stereocenters. The molecule has 0 radical (unpaired) electrons. The highest BCUT2D eigenvalue weighted by Crippen LogP contribution is 2.27. The van der Waals surface area contributed by atoms with Crippen LogP contribution in [0.25, 0.3) is 0 Å². The third kappa shape index (κ3) is 2.23. The summed E-state index contributed by atoms with van der Waals surface area (Å²) >= 11 is 0. The van der Waals surface area contributed by atoms with Gasteiger partial charge in [-0.05, 0) is 39.2 Å². The van der Waals surface area contributed by atoms with E-state index in [-0.39, 0.29) is 12.0 Å². The molecule has 2 rings (SSSR count). The average molecular weight is 209 g/mol. The van der Waals surface area contributed by atoms with Crippen LogP contribution in [0.2, 0.25) is 0 Å². The number of carbonyl (C=O) groups is 1. The number of likely N-dealkylation sites (tertiary alicyclic amines) is 1. The highest BCUT2D eigenvalue weighted by molar-refractivity contribution is 5.71. The van der Waals surface area contributed by atoms with Gasteiger partial charge in [0.15, 0.2) is 0 Å². The Bertz CT molecular complexity index is 285. The molecule has 3 nitrogen and oxygen atoms in total. The van der Waals surface area contributed by atoms with Crippen molar-refractivity contribution < 1.29 is 9.90 Å². The van der Waals surface area contributed by atoms with Crippen molar-refractivity contribution in [3.8, 4) is 0 Å². The smallest absolute Gasteiger partial charge is 0.308 e. The summed E-state index contributed by atoms with van der Waals surface area (Å²) < 4.78 is 0. The lowest BCUT2D eigenvalue weighted by atomic mass is 10.0.